The molecule has 0 saturated carbocycles. The Bertz CT molecular complexity index is 837. The summed E-state index contributed by atoms with van der Waals surface area (Å²) in [5.74, 6) is -1.91. The van der Waals surface area contributed by atoms with E-state index < -0.39 is 16.8 Å². The molecule has 0 bridgehead atoms. The molecule has 2 aromatic carbocycles. The first-order valence-corrected chi connectivity index (χ1v) is 6.88. The fourth-order valence-corrected chi connectivity index (χ4v) is 2.16. The molecule has 1 amide bonds. The van der Waals surface area contributed by atoms with Crippen molar-refractivity contribution >= 4 is 34.9 Å². The van der Waals surface area contributed by atoms with Gasteiger partial charge in [-0.15, -0.1) is 0 Å². The van der Waals surface area contributed by atoms with Crippen LogP contribution >= 0.6 is 11.6 Å². The Labute approximate surface area is 140 Å². The van der Waals surface area contributed by atoms with Crippen molar-refractivity contribution in [1.82, 2.24) is 0 Å². The van der Waals surface area contributed by atoms with Crippen molar-refractivity contribution in [2.45, 2.75) is 0 Å². The number of hydrogen-bond donors (Lipinski definition) is 2. The highest BCUT2D eigenvalue weighted by Crippen LogP contribution is 2.27. The number of carboxylic acid groups (broad SMARTS) is 1. The molecule has 2 rings (SSSR count). The summed E-state index contributed by atoms with van der Waals surface area (Å²) < 4.78 is 5.01. The minimum Gasteiger partial charge on any atom is -0.496 e. The molecular formula is C15H11ClN2O6. The van der Waals surface area contributed by atoms with Crippen LogP contribution in [0.2, 0.25) is 5.02 Å². The number of nitro benzene ring substituents is 1. The highest BCUT2D eigenvalue weighted by molar-refractivity contribution is 6.31. The maximum Gasteiger partial charge on any atom is 0.337 e. The smallest absolute Gasteiger partial charge is 0.337 e. The Morgan fingerprint density at radius 3 is 2.50 bits per heavy atom. The number of rotatable bonds is 5. The highest BCUT2D eigenvalue weighted by Gasteiger charge is 2.20. The van der Waals surface area contributed by atoms with Crippen LogP contribution in [0.5, 0.6) is 5.75 Å². The van der Waals surface area contributed by atoms with Crippen molar-refractivity contribution in [2.75, 3.05) is 12.4 Å². The van der Waals surface area contributed by atoms with E-state index in [0.717, 1.165) is 6.07 Å². The number of nitrogens with one attached hydrogen (secondary N) is 1. The Morgan fingerprint density at radius 1 is 1.21 bits per heavy atom. The zero-order valence-electron chi connectivity index (χ0n) is 12.3. The van der Waals surface area contributed by atoms with Gasteiger partial charge in [0.15, 0.2) is 0 Å². The second-order valence-electron chi connectivity index (χ2n) is 4.59. The van der Waals surface area contributed by atoms with Gasteiger partial charge in [0.05, 0.1) is 28.8 Å². The van der Waals surface area contributed by atoms with E-state index in [9.17, 15) is 19.7 Å². The first kappa shape index (κ1) is 17.2. The van der Waals surface area contributed by atoms with Gasteiger partial charge in [0.2, 0.25) is 0 Å². The standard InChI is InChI=1S/C15H11ClN2O6/c1-24-13-5-3-9(18(22)23)7-11(13)14(19)17-12-6-8(16)2-4-10(12)15(20)21/h2-7H,1H3,(H,17,19)(H,20,21). The van der Waals surface area contributed by atoms with E-state index in [2.05, 4.69) is 5.32 Å². The van der Waals surface area contributed by atoms with Gasteiger partial charge in [-0.3, -0.25) is 14.9 Å². The van der Waals surface area contributed by atoms with Gasteiger partial charge in [0.1, 0.15) is 5.75 Å². The van der Waals surface area contributed by atoms with Gasteiger partial charge < -0.3 is 15.2 Å². The summed E-state index contributed by atoms with van der Waals surface area (Å²) in [7, 11) is 1.31. The third kappa shape index (κ3) is 3.61. The number of carbonyl (C=O) groups is 2. The lowest BCUT2D eigenvalue weighted by Crippen LogP contribution is -2.16. The van der Waals surface area contributed by atoms with Gasteiger partial charge in [0, 0.05) is 17.2 Å². The number of carbonyl (C=O) groups excluding carboxylic acids is 1. The molecular weight excluding hydrogens is 340 g/mol. The fraction of sp³-hybridized carbons (Fsp3) is 0.0667. The van der Waals surface area contributed by atoms with Gasteiger partial charge >= 0.3 is 5.97 Å². The van der Waals surface area contributed by atoms with Gasteiger partial charge in [-0.1, -0.05) is 11.6 Å². The number of benzene rings is 2. The normalized spacial score (nSPS) is 10.1. The Kier molecular flexibility index (Phi) is 5.00. The second kappa shape index (κ2) is 6.97. The van der Waals surface area contributed by atoms with E-state index in [0.29, 0.717) is 0 Å². The fourth-order valence-electron chi connectivity index (χ4n) is 1.98. The number of aromatic carboxylic acids is 1. The SMILES string of the molecule is COc1ccc([N+](=O)[O-])cc1C(=O)Nc1cc(Cl)ccc1C(=O)O. The van der Waals surface area contributed by atoms with Gasteiger partial charge in [-0.25, -0.2) is 4.79 Å². The average molecular weight is 351 g/mol. The lowest BCUT2D eigenvalue weighted by atomic mass is 10.1. The van der Waals surface area contributed by atoms with Crippen LogP contribution in [0.25, 0.3) is 0 Å². The molecule has 0 fully saturated rings. The van der Waals surface area contributed by atoms with E-state index in [1.165, 1.54) is 37.4 Å². The molecule has 0 spiro atoms. The summed E-state index contributed by atoms with van der Waals surface area (Å²) in [6, 6.07) is 7.40. The summed E-state index contributed by atoms with van der Waals surface area (Å²) >= 11 is 5.82. The van der Waals surface area contributed by atoms with Crippen LogP contribution in [0.1, 0.15) is 20.7 Å². The van der Waals surface area contributed by atoms with Crippen molar-refractivity contribution < 1.29 is 24.4 Å². The van der Waals surface area contributed by atoms with Crippen LogP contribution in [-0.4, -0.2) is 29.0 Å². The molecule has 0 aliphatic carbocycles. The topological polar surface area (TPSA) is 119 Å². The number of carboxylic acids is 1. The maximum atomic E-state index is 12.4. The molecule has 0 heterocycles. The minimum atomic E-state index is -1.26. The monoisotopic (exact) mass is 350 g/mol. The number of ether oxygens (including phenoxy) is 1. The zero-order valence-corrected chi connectivity index (χ0v) is 13.0. The van der Waals surface area contributed by atoms with Crippen LogP contribution < -0.4 is 10.1 Å². The first-order chi connectivity index (χ1) is 11.3. The molecule has 24 heavy (non-hydrogen) atoms. The molecule has 9 heteroatoms. The molecule has 0 aromatic heterocycles. The van der Waals surface area contributed by atoms with E-state index in [4.69, 9.17) is 21.4 Å². The minimum absolute atomic E-state index is 0.0337. The maximum absolute atomic E-state index is 12.4. The van der Waals surface area contributed by atoms with Crippen LogP contribution in [-0.2, 0) is 0 Å². The van der Waals surface area contributed by atoms with Gasteiger partial charge in [-0.05, 0) is 24.3 Å². The number of amides is 1. The summed E-state index contributed by atoms with van der Waals surface area (Å²) in [6.07, 6.45) is 0. The molecule has 2 aromatic rings. The summed E-state index contributed by atoms with van der Waals surface area (Å²) in [6.45, 7) is 0. The van der Waals surface area contributed by atoms with E-state index in [-0.39, 0.29) is 33.3 Å². The third-order valence-corrected chi connectivity index (χ3v) is 3.33. The van der Waals surface area contributed by atoms with Crippen LogP contribution in [0.4, 0.5) is 11.4 Å². The van der Waals surface area contributed by atoms with Crippen molar-refractivity contribution in [3.05, 3.63) is 62.7 Å². The van der Waals surface area contributed by atoms with E-state index >= 15 is 0 Å². The second-order valence-corrected chi connectivity index (χ2v) is 5.03. The van der Waals surface area contributed by atoms with Gasteiger partial charge in [0.25, 0.3) is 11.6 Å². The quantitative estimate of drug-likeness (QED) is 0.631. The molecule has 0 atom stereocenters. The molecule has 0 unspecified atom stereocenters. The number of non-ortho nitro benzene ring substituents is 1. The molecule has 0 aliphatic rings. The van der Waals surface area contributed by atoms with Crippen LogP contribution in [0.3, 0.4) is 0 Å². The van der Waals surface area contributed by atoms with Crippen LogP contribution in [0.15, 0.2) is 36.4 Å². The zero-order chi connectivity index (χ0) is 17.9. The predicted octanol–water partition coefficient (Wildman–Crippen LogP) is 3.21. The summed E-state index contributed by atoms with van der Waals surface area (Å²) in [5.41, 5.74) is -0.612. The lowest BCUT2D eigenvalue weighted by Gasteiger charge is -2.11. The summed E-state index contributed by atoms with van der Waals surface area (Å²) in [5, 5.41) is 22.6. The Hall–Kier alpha value is -3.13. The molecule has 8 nitrogen and oxygen atoms in total. The largest absolute Gasteiger partial charge is 0.496 e. The Balaban J connectivity index is 2.44. The molecule has 0 radical (unpaired) electrons. The number of methoxy groups -OCH3 is 1. The predicted molar refractivity (Wildman–Crippen MR) is 86.0 cm³/mol. The highest BCUT2D eigenvalue weighted by atomic mass is 35.5. The van der Waals surface area contributed by atoms with E-state index in [1.54, 1.807) is 0 Å². The van der Waals surface area contributed by atoms with Crippen molar-refractivity contribution in [3.63, 3.8) is 0 Å². The first-order valence-electron chi connectivity index (χ1n) is 6.50. The molecule has 0 aliphatic heterocycles. The summed E-state index contributed by atoms with van der Waals surface area (Å²) in [4.78, 5) is 33.8. The van der Waals surface area contributed by atoms with Crippen molar-refractivity contribution in [3.8, 4) is 5.75 Å². The van der Waals surface area contributed by atoms with Gasteiger partial charge in [-0.2, -0.15) is 0 Å². The number of halogens is 1. The van der Waals surface area contributed by atoms with E-state index in [1.807, 2.05) is 0 Å². The lowest BCUT2D eigenvalue weighted by molar-refractivity contribution is -0.384. The molecule has 0 saturated heterocycles. The molecule has 124 valence electrons. The number of nitro groups is 1. The third-order valence-electron chi connectivity index (χ3n) is 3.10. The van der Waals surface area contributed by atoms with Crippen molar-refractivity contribution in [2.24, 2.45) is 0 Å². The Morgan fingerprint density at radius 2 is 1.92 bits per heavy atom. The number of nitrogens with zero attached hydrogens (tertiary/aromatic N) is 1. The number of anilines is 1. The van der Waals surface area contributed by atoms with Crippen LogP contribution in [0, 0.1) is 10.1 Å². The molecule has 2 N–H and O–H groups in total. The van der Waals surface area contributed by atoms with Crippen molar-refractivity contribution in [1.29, 1.82) is 0 Å². The number of hydrogen-bond acceptors (Lipinski definition) is 5. The average Bonchev–Trinajstić information content (AvgIpc) is 2.53.